The smallest absolute Gasteiger partial charge is 0.306 e. The Bertz CT molecular complexity index is 1430. The fourth-order valence-electron chi connectivity index (χ4n) is 9.54. The first-order valence-corrected chi connectivity index (χ1v) is 32.8. The summed E-state index contributed by atoms with van der Waals surface area (Å²) in [5.74, 6) is -0.581. The molecule has 5 nitrogen and oxygen atoms in total. The summed E-state index contributed by atoms with van der Waals surface area (Å²) >= 11 is 0. The van der Waals surface area contributed by atoms with Crippen molar-refractivity contribution in [2.45, 2.75) is 328 Å². The van der Waals surface area contributed by atoms with E-state index in [4.69, 9.17) is 9.47 Å². The van der Waals surface area contributed by atoms with Crippen LogP contribution in [0.15, 0.2) is 97.2 Å². The summed E-state index contributed by atoms with van der Waals surface area (Å²) in [5, 5.41) is 9.69. The Morgan fingerprint density at radius 2 is 0.526 bits per heavy atom. The third kappa shape index (κ3) is 63.4. The summed E-state index contributed by atoms with van der Waals surface area (Å²) < 4.78 is 10.7. The summed E-state index contributed by atoms with van der Waals surface area (Å²) in [6.07, 6.45) is 94.3. The lowest BCUT2D eigenvalue weighted by Gasteiger charge is -2.15. The van der Waals surface area contributed by atoms with Crippen LogP contribution in [0.3, 0.4) is 0 Å². The van der Waals surface area contributed by atoms with Gasteiger partial charge in [-0.15, -0.1) is 0 Å². The first kappa shape index (κ1) is 72.8. The average molecular weight is 1060 g/mol. The first-order valence-electron chi connectivity index (χ1n) is 32.8. The minimum Gasteiger partial charge on any atom is -0.462 e. The number of hydrogen-bond donors (Lipinski definition) is 1. The Balaban J connectivity index is 3.42. The minimum atomic E-state index is -0.776. The lowest BCUT2D eigenvalue weighted by molar-refractivity contribution is -0.161. The van der Waals surface area contributed by atoms with Crippen molar-refractivity contribution in [1.29, 1.82) is 0 Å². The lowest BCUT2D eigenvalue weighted by atomic mass is 10.0. The van der Waals surface area contributed by atoms with Gasteiger partial charge in [-0.2, -0.15) is 0 Å². The van der Waals surface area contributed by atoms with Crippen molar-refractivity contribution in [3.8, 4) is 0 Å². The maximum absolute atomic E-state index is 12.4. The van der Waals surface area contributed by atoms with Crippen LogP contribution in [0.5, 0.6) is 0 Å². The van der Waals surface area contributed by atoms with Crippen LogP contribution in [0.4, 0.5) is 0 Å². The number of unbranched alkanes of at least 4 members (excludes halogenated alkanes) is 36. The van der Waals surface area contributed by atoms with E-state index in [9.17, 15) is 14.7 Å². The molecule has 0 saturated carbocycles. The number of aliphatic hydroxyl groups excluding tert-OH is 1. The molecule has 0 aromatic rings. The molecule has 76 heavy (non-hydrogen) atoms. The molecule has 438 valence electrons. The first-order chi connectivity index (χ1) is 37.6. The van der Waals surface area contributed by atoms with Crippen molar-refractivity contribution in [1.82, 2.24) is 0 Å². The summed E-state index contributed by atoms with van der Waals surface area (Å²) in [5.41, 5.74) is 0. The second-order valence-corrected chi connectivity index (χ2v) is 21.8. The quantitative estimate of drug-likeness (QED) is 0.0373. The number of aliphatic hydroxyl groups is 1. The van der Waals surface area contributed by atoms with Crippen LogP contribution in [0, 0.1) is 0 Å². The normalized spacial score (nSPS) is 12.8. The highest BCUT2D eigenvalue weighted by Crippen LogP contribution is 2.18. The number of allylic oxidation sites excluding steroid dienone is 16. The molecule has 0 aliphatic carbocycles. The zero-order chi connectivity index (χ0) is 54.8. The highest BCUT2D eigenvalue weighted by atomic mass is 16.6. The molecule has 1 atom stereocenters. The van der Waals surface area contributed by atoms with Crippen LogP contribution < -0.4 is 0 Å². The van der Waals surface area contributed by atoms with Gasteiger partial charge in [0, 0.05) is 12.8 Å². The van der Waals surface area contributed by atoms with Crippen molar-refractivity contribution < 1.29 is 24.2 Å². The van der Waals surface area contributed by atoms with Gasteiger partial charge < -0.3 is 14.6 Å². The predicted molar refractivity (Wildman–Crippen MR) is 334 cm³/mol. The molecule has 5 heteroatoms. The molecular weight excluding hydrogens is 933 g/mol. The molecule has 0 aromatic heterocycles. The van der Waals surface area contributed by atoms with E-state index in [1.54, 1.807) is 0 Å². The van der Waals surface area contributed by atoms with Crippen LogP contribution >= 0.6 is 0 Å². The van der Waals surface area contributed by atoms with Gasteiger partial charge in [-0.05, 0) is 89.9 Å². The molecular formula is C71H124O5. The summed E-state index contributed by atoms with van der Waals surface area (Å²) in [6, 6.07) is 0. The van der Waals surface area contributed by atoms with Gasteiger partial charge in [0.1, 0.15) is 6.61 Å². The van der Waals surface area contributed by atoms with Crippen molar-refractivity contribution in [3.05, 3.63) is 97.2 Å². The second-order valence-electron chi connectivity index (χ2n) is 21.8. The van der Waals surface area contributed by atoms with E-state index in [-0.39, 0.29) is 25.2 Å². The Morgan fingerprint density at radius 1 is 0.303 bits per heavy atom. The van der Waals surface area contributed by atoms with Crippen LogP contribution in [-0.4, -0.2) is 36.4 Å². The van der Waals surface area contributed by atoms with E-state index < -0.39 is 6.10 Å². The monoisotopic (exact) mass is 1060 g/mol. The molecule has 0 aliphatic heterocycles. The van der Waals surface area contributed by atoms with Gasteiger partial charge in [-0.1, -0.05) is 317 Å². The zero-order valence-corrected chi connectivity index (χ0v) is 50.3. The highest BCUT2D eigenvalue weighted by molar-refractivity contribution is 5.70. The molecule has 0 spiro atoms. The topological polar surface area (TPSA) is 72.8 Å². The molecule has 0 rings (SSSR count). The van der Waals surface area contributed by atoms with Gasteiger partial charge in [-0.25, -0.2) is 0 Å². The minimum absolute atomic E-state index is 0.0666. The number of carbonyl (C=O) groups is 2. The summed E-state index contributed by atoms with van der Waals surface area (Å²) in [7, 11) is 0. The van der Waals surface area contributed by atoms with E-state index in [0.29, 0.717) is 12.8 Å². The largest absolute Gasteiger partial charge is 0.462 e. The van der Waals surface area contributed by atoms with E-state index >= 15 is 0 Å². The number of ether oxygens (including phenoxy) is 2. The van der Waals surface area contributed by atoms with Crippen molar-refractivity contribution >= 4 is 11.9 Å². The third-order valence-corrected chi connectivity index (χ3v) is 14.4. The molecule has 0 radical (unpaired) electrons. The molecule has 1 unspecified atom stereocenters. The number of rotatable bonds is 60. The van der Waals surface area contributed by atoms with Gasteiger partial charge in [0.2, 0.25) is 0 Å². The molecule has 0 bridgehead atoms. The standard InChI is InChI=1S/C71H124O5/c1-3-5-7-9-11-13-15-17-19-21-23-25-27-29-30-31-32-33-34-35-36-37-38-39-40-42-44-46-48-50-52-54-56-58-60-62-64-66-71(74)76-69(67-72)68-75-70(73)65-63-61-59-57-55-53-51-49-47-45-43-41-28-26-24-22-20-18-16-14-12-10-8-6-4-2/h5-8,11-14,17-20,23-26,69,72H,3-4,9-10,15-16,21-22,27-68H2,1-2H3/b7-5-,8-6-,13-11-,14-12-,19-17-,20-18-,25-23-,26-24-. The molecule has 0 aliphatic rings. The maximum Gasteiger partial charge on any atom is 0.306 e. The highest BCUT2D eigenvalue weighted by Gasteiger charge is 2.16. The Morgan fingerprint density at radius 3 is 0.789 bits per heavy atom. The summed E-state index contributed by atoms with van der Waals surface area (Å²) in [4.78, 5) is 24.6. The molecule has 0 heterocycles. The van der Waals surface area contributed by atoms with E-state index in [0.717, 1.165) is 89.9 Å². The fourth-order valence-corrected chi connectivity index (χ4v) is 9.54. The number of carbonyl (C=O) groups excluding carboxylic acids is 2. The van der Waals surface area contributed by atoms with Gasteiger partial charge in [0.05, 0.1) is 6.61 Å². The van der Waals surface area contributed by atoms with E-state index in [1.165, 1.54) is 205 Å². The van der Waals surface area contributed by atoms with E-state index in [2.05, 4.69) is 111 Å². The average Bonchev–Trinajstić information content (AvgIpc) is 3.42. The fraction of sp³-hybridized carbons (Fsp3) is 0.746. The van der Waals surface area contributed by atoms with Crippen molar-refractivity contribution in [2.75, 3.05) is 13.2 Å². The number of esters is 2. The maximum atomic E-state index is 12.4. The van der Waals surface area contributed by atoms with Crippen LogP contribution in [0.1, 0.15) is 322 Å². The number of hydrogen-bond acceptors (Lipinski definition) is 5. The van der Waals surface area contributed by atoms with Crippen LogP contribution in [0.25, 0.3) is 0 Å². The summed E-state index contributed by atoms with van der Waals surface area (Å²) in [6.45, 7) is 3.95. The van der Waals surface area contributed by atoms with Crippen LogP contribution in [0.2, 0.25) is 0 Å². The van der Waals surface area contributed by atoms with Gasteiger partial charge in [0.15, 0.2) is 6.10 Å². The van der Waals surface area contributed by atoms with Gasteiger partial charge >= 0.3 is 11.9 Å². The van der Waals surface area contributed by atoms with Crippen molar-refractivity contribution in [2.24, 2.45) is 0 Å². The second kappa shape index (κ2) is 66.1. The van der Waals surface area contributed by atoms with E-state index in [1.807, 2.05) is 0 Å². The third-order valence-electron chi connectivity index (χ3n) is 14.4. The molecule has 0 aromatic carbocycles. The molecule has 1 N–H and O–H groups in total. The van der Waals surface area contributed by atoms with Crippen molar-refractivity contribution in [3.63, 3.8) is 0 Å². The molecule has 0 saturated heterocycles. The van der Waals surface area contributed by atoms with Gasteiger partial charge in [-0.3, -0.25) is 9.59 Å². The molecule has 0 amide bonds. The molecule has 0 fully saturated rings. The SMILES string of the molecule is CC/C=C\C/C=C\C/C=C\C/C=C\CCCCCCCCCCCCCCCCCCCCCCCCCCC(=O)OC(CO)COC(=O)CCCCCCCCCCCCCC/C=C\C/C=C\C/C=C\C/C=C\CC. The zero-order valence-electron chi connectivity index (χ0n) is 50.3. The van der Waals surface area contributed by atoms with Gasteiger partial charge in [0.25, 0.3) is 0 Å². The Labute approximate surface area is 472 Å². The Kier molecular flexibility index (Phi) is 63.3. The Hall–Kier alpha value is -3.18. The predicted octanol–water partition coefficient (Wildman–Crippen LogP) is 22.6. The lowest BCUT2D eigenvalue weighted by Crippen LogP contribution is -2.28. The van der Waals surface area contributed by atoms with Crippen LogP contribution in [-0.2, 0) is 19.1 Å².